The van der Waals surface area contributed by atoms with Crippen molar-refractivity contribution in [2.45, 2.75) is 45.6 Å². The van der Waals surface area contributed by atoms with Crippen LogP contribution in [0.4, 0.5) is 0 Å². The molecule has 2 N–H and O–H groups in total. The first-order valence-corrected chi connectivity index (χ1v) is 5.72. The van der Waals surface area contributed by atoms with Crippen LogP contribution >= 0.6 is 0 Å². The van der Waals surface area contributed by atoms with Gasteiger partial charge in [-0.05, 0) is 38.8 Å². The molecule has 1 aliphatic rings. The highest BCUT2D eigenvalue weighted by Gasteiger charge is 2.24. The van der Waals surface area contributed by atoms with Gasteiger partial charge in [-0.2, -0.15) is 0 Å². The number of hydrogen-bond acceptors (Lipinski definition) is 2. The van der Waals surface area contributed by atoms with Crippen LogP contribution in [0.25, 0.3) is 0 Å². The van der Waals surface area contributed by atoms with Gasteiger partial charge < -0.3 is 10.6 Å². The topological polar surface area (TPSA) is 29.3 Å². The summed E-state index contributed by atoms with van der Waals surface area (Å²) in [5.74, 6) is 0.752. The first-order valence-electron chi connectivity index (χ1n) is 5.72. The molecule has 2 atom stereocenters. The zero-order valence-corrected chi connectivity index (χ0v) is 9.13. The Morgan fingerprint density at radius 1 is 1.46 bits per heavy atom. The minimum atomic E-state index is 0.385. The smallest absolute Gasteiger partial charge is 0.00514 e. The van der Waals surface area contributed by atoms with Crippen molar-refractivity contribution in [1.29, 1.82) is 0 Å². The van der Waals surface area contributed by atoms with Crippen LogP contribution in [0.3, 0.4) is 0 Å². The SMILES string of the molecule is CCCCCN1CCC(C(C)N)C1. The maximum atomic E-state index is 5.89. The molecule has 2 heteroatoms. The van der Waals surface area contributed by atoms with Crippen LogP contribution in [-0.2, 0) is 0 Å². The maximum Gasteiger partial charge on any atom is 0.00514 e. The molecule has 0 aromatic heterocycles. The van der Waals surface area contributed by atoms with Crippen LogP contribution in [0.15, 0.2) is 0 Å². The second-order valence-corrected chi connectivity index (χ2v) is 4.42. The summed E-state index contributed by atoms with van der Waals surface area (Å²) < 4.78 is 0. The third kappa shape index (κ3) is 3.65. The lowest BCUT2D eigenvalue weighted by Crippen LogP contribution is -2.30. The fraction of sp³-hybridized carbons (Fsp3) is 1.00. The van der Waals surface area contributed by atoms with E-state index in [9.17, 15) is 0 Å². The summed E-state index contributed by atoms with van der Waals surface area (Å²) in [6.07, 6.45) is 5.37. The van der Waals surface area contributed by atoms with E-state index in [0.717, 1.165) is 5.92 Å². The second kappa shape index (κ2) is 5.61. The molecular formula is C11H24N2. The Morgan fingerprint density at radius 3 is 2.77 bits per heavy atom. The molecule has 1 saturated heterocycles. The monoisotopic (exact) mass is 184 g/mol. The van der Waals surface area contributed by atoms with Crippen LogP contribution in [0.2, 0.25) is 0 Å². The Bertz CT molecular complexity index is 134. The second-order valence-electron chi connectivity index (χ2n) is 4.42. The van der Waals surface area contributed by atoms with Gasteiger partial charge in [0.05, 0.1) is 0 Å². The fourth-order valence-corrected chi connectivity index (χ4v) is 2.08. The van der Waals surface area contributed by atoms with Gasteiger partial charge in [0.25, 0.3) is 0 Å². The molecule has 0 amide bonds. The summed E-state index contributed by atoms with van der Waals surface area (Å²) >= 11 is 0. The van der Waals surface area contributed by atoms with E-state index in [1.165, 1.54) is 45.3 Å². The van der Waals surface area contributed by atoms with Crippen molar-refractivity contribution in [1.82, 2.24) is 4.90 Å². The fourth-order valence-electron chi connectivity index (χ4n) is 2.08. The largest absolute Gasteiger partial charge is 0.328 e. The number of nitrogens with zero attached hydrogens (tertiary/aromatic N) is 1. The van der Waals surface area contributed by atoms with Gasteiger partial charge in [0, 0.05) is 12.6 Å². The highest BCUT2D eigenvalue weighted by molar-refractivity contribution is 4.80. The first kappa shape index (κ1) is 11.0. The van der Waals surface area contributed by atoms with E-state index in [4.69, 9.17) is 5.73 Å². The van der Waals surface area contributed by atoms with Crippen molar-refractivity contribution in [3.8, 4) is 0 Å². The molecule has 0 aliphatic carbocycles. The molecule has 2 nitrogen and oxygen atoms in total. The van der Waals surface area contributed by atoms with E-state index in [2.05, 4.69) is 18.7 Å². The summed E-state index contributed by atoms with van der Waals surface area (Å²) in [6.45, 7) is 8.20. The maximum absolute atomic E-state index is 5.89. The van der Waals surface area contributed by atoms with Gasteiger partial charge in [-0.15, -0.1) is 0 Å². The van der Waals surface area contributed by atoms with Gasteiger partial charge in [0.2, 0.25) is 0 Å². The summed E-state index contributed by atoms with van der Waals surface area (Å²) in [5.41, 5.74) is 5.89. The van der Waals surface area contributed by atoms with E-state index in [0.29, 0.717) is 6.04 Å². The summed E-state index contributed by atoms with van der Waals surface area (Å²) in [5, 5.41) is 0. The number of unbranched alkanes of at least 4 members (excludes halogenated alkanes) is 2. The molecule has 2 unspecified atom stereocenters. The van der Waals surface area contributed by atoms with Gasteiger partial charge in [0.15, 0.2) is 0 Å². The highest BCUT2D eigenvalue weighted by Crippen LogP contribution is 2.18. The van der Waals surface area contributed by atoms with Gasteiger partial charge in [0.1, 0.15) is 0 Å². The molecular weight excluding hydrogens is 160 g/mol. The minimum Gasteiger partial charge on any atom is -0.328 e. The molecule has 1 fully saturated rings. The first-order chi connectivity index (χ1) is 6.24. The van der Waals surface area contributed by atoms with E-state index < -0.39 is 0 Å². The van der Waals surface area contributed by atoms with Crippen LogP contribution in [0.1, 0.15) is 39.5 Å². The van der Waals surface area contributed by atoms with Gasteiger partial charge in [-0.25, -0.2) is 0 Å². The van der Waals surface area contributed by atoms with Crippen LogP contribution in [0, 0.1) is 5.92 Å². The summed E-state index contributed by atoms with van der Waals surface area (Å²) in [4.78, 5) is 2.57. The molecule has 78 valence electrons. The normalized spacial score (nSPS) is 26.5. The average Bonchev–Trinajstić information content (AvgIpc) is 2.53. The predicted octanol–water partition coefficient (Wildman–Crippen LogP) is 1.85. The lowest BCUT2D eigenvalue weighted by Gasteiger charge is -2.17. The molecule has 0 saturated carbocycles. The van der Waals surface area contributed by atoms with Crippen LogP contribution in [-0.4, -0.2) is 30.6 Å². The van der Waals surface area contributed by atoms with Crippen molar-refractivity contribution in [2.24, 2.45) is 11.7 Å². The van der Waals surface area contributed by atoms with Crippen LogP contribution in [0.5, 0.6) is 0 Å². The van der Waals surface area contributed by atoms with E-state index in [1.54, 1.807) is 0 Å². The molecule has 0 spiro atoms. The Labute approximate surface area is 82.5 Å². The Balaban J connectivity index is 2.10. The van der Waals surface area contributed by atoms with E-state index in [-0.39, 0.29) is 0 Å². The molecule has 1 aliphatic heterocycles. The van der Waals surface area contributed by atoms with Crippen molar-refractivity contribution < 1.29 is 0 Å². The Hall–Kier alpha value is -0.0800. The predicted molar refractivity (Wildman–Crippen MR) is 57.7 cm³/mol. The number of nitrogens with two attached hydrogens (primary N) is 1. The van der Waals surface area contributed by atoms with E-state index >= 15 is 0 Å². The number of hydrogen-bond donors (Lipinski definition) is 1. The van der Waals surface area contributed by atoms with Gasteiger partial charge in [-0.1, -0.05) is 19.8 Å². The zero-order valence-electron chi connectivity index (χ0n) is 9.13. The average molecular weight is 184 g/mol. The molecule has 13 heavy (non-hydrogen) atoms. The number of rotatable bonds is 5. The van der Waals surface area contributed by atoms with Gasteiger partial charge >= 0.3 is 0 Å². The third-order valence-corrected chi connectivity index (χ3v) is 3.13. The molecule has 0 bridgehead atoms. The van der Waals surface area contributed by atoms with Crippen LogP contribution < -0.4 is 5.73 Å². The lowest BCUT2D eigenvalue weighted by atomic mass is 10.0. The Morgan fingerprint density at radius 2 is 2.23 bits per heavy atom. The molecule has 0 aromatic carbocycles. The standard InChI is InChI=1S/C11H24N2/c1-3-4-5-7-13-8-6-11(9-13)10(2)12/h10-11H,3-9,12H2,1-2H3. The minimum absolute atomic E-state index is 0.385. The third-order valence-electron chi connectivity index (χ3n) is 3.13. The number of likely N-dealkylation sites (tertiary alicyclic amines) is 1. The molecule has 1 heterocycles. The van der Waals surface area contributed by atoms with Crippen molar-refractivity contribution in [3.63, 3.8) is 0 Å². The van der Waals surface area contributed by atoms with Crippen molar-refractivity contribution >= 4 is 0 Å². The Kier molecular flexibility index (Phi) is 4.74. The zero-order chi connectivity index (χ0) is 9.68. The van der Waals surface area contributed by atoms with Gasteiger partial charge in [-0.3, -0.25) is 0 Å². The molecule has 0 aromatic rings. The van der Waals surface area contributed by atoms with Crippen molar-refractivity contribution in [2.75, 3.05) is 19.6 Å². The summed E-state index contributed by atoms with van der Waals surface area (Å²) in [6, 6.07) is 0.385. The van der Waals surface area contributed by atoms with Crippen molar-refractivity contribution in [3.05, 3.63) is 0 Å². The lowest BCUT2D eigenvalue weighted by molar-refractivity contribution is 0.308. The highest BCUT2D eigenvalue weighted by atomic mass is 15.1. The molecule has 0 radical (unpaired) electrons. The van der Waals surface area contributed by atoms with E-state index in [1.807, 2.05) is 0 Å². The quantitative estimate of drug-likeness (QED) is 0.661. The summed E-state index contributed by atoms with van der Waals surface area (Å²) in [7, 11) is 0. The molecule has 1 rings (SSSR count).